The number of hydrogen-bond donors (Lipinski definition) is 1. The van der Waals surface area contributed by atoms with Crippen molar-refractivity contribution in [3.63, 3.8) is 0 Å². The fourth-order valence-electron chi connectivity index (χ4n) is 3.90. The molecule has 1 N–H and O–H groups in total. The minimum atomic E-state index is 0.153. The second-order valence-corrected chi connectivity index (χ2v) is 6.56. The molecule has 1 aromatic carbocycles. The van der Waals surface area contributed by atoms with E-state index in [4.69, 9.17) is 0 Å². The van der Waals surface area contributed by atoms with Crippen LogP contribution in [0.5, 0.6) is 0 Å². The van der Waals surface area contributed by atoms with Gasteiger partial charge in [0.05, 0.1) is 0 Å². The number of rotatable bonds is 2. The highest BCUT2D eigenvalue weighted by Crippen LogP contribution is 2.22. The number of piperidine rings is 1. The molecule has 2 fully saturated rings. The number of carbonyl (C=O) groups excluding carboxylic acids is 1. The van der Waals surface area contributed by atoms with Crippen LogP contribution in [0.1, 0.15) is 36.2 Å². The zero-order valence-corrected chi connectivity index (χ0v) is 12.9. The van der Waals surface area contributed by atoms with Crippen molar-refractivity contribution in [2.45, 2.75) is 31.7 Å². The van der Waals surface area contributed by atoms with E-state index in [1.165, 1.54) is 32.4 Å². The lowest BCUT2D eigenvalue weighted by molar-refractivity contribution is 0.0603. The van der Waals surface area contributed by atoms with Gasteiger partial charge in [0.1, 0.15) is 5.69 Å². The van der Waals surface area contributed by atoms with Crippen molar-refractivity contribution in [3.8, 4) is 0 Å². The molecule has 1 amide bonds. The van der Waals surface area contributed by atoms with Crippen molar-refractivity contribution < 1.29 is 4.79 Å². The maximum Gasteiger partial charge on any atom is 0.270 e. The first-order valence-electron chi connectivity index (χ1n) is 8.42. The van der Waals surface area contributed by atoms with Crippen molar-refractivity contribution in [2.24, 2.45) is 0 Å². The van der Waals surface area contributed by atoms with Crippen LogP contribution in [0.25, 0.3) is 10.9 Å². The number of hydrogen-bond acceptors (Lipinski definition) is 2. The third-order valence-corrected chi connectivity index (χ3v) is 5.10. The van der Waals surface area contributed by atoms with E-state index >= 15 is 0 Å². The van der Waals surface area contributed by atoms with Gasteiger partial charge in [0, 0.05) is 30.0 Å². The number of H-pyrrole nitrogens is 1. The number of amides is 1. The molecule has 1 atom stereocenters. The third-order valence-electron chi connectivity index (χ3n) is 5.10. The average molecular weight is 297 g/mol. The average Bonchev–Trinajstić information content (AvgIpc) is 3.23. The maximum absolute atomic E-state index is 12.8. The zero-order valence-electron chi connectivity index (χ0n) is 12.9. The minimum absolute atomic E-state index is 0.153. The van der Waals surface area contributed by atoms with E-state index in [0.717, 1.165) is 36.1 Å². The van der Waals surface area contributed by atoms with Gasteiger partial charge in [-0.3, -0.25) is 9.69 Å². The van der Waals surface area contributed by atoms with Gasteiger partial charge >= 0.3 is 0 Å². The first kappa shape index (κ1) is 13.8. The van der Waals surface area contributed by atoms with Crippen LogP contribution in [0.2, 0.25) is 0 Å². The van der Waals surface area contributed by atoms with Gasteiger partial charge in [-0.25, -0.2) is 0 Å². The van der Waals surface area contributed by atoms with Crippen LogP contribution in [0, 0.1) is 0 Å². The van der Waals surface area contributed by atoms with Crippen LogP contribution in [0.15, 0.2) is 30.3 Å². The van der Waals surface area contributed by atoms with Crippen LogP contribution in [-0.2, 0) is 0 Å². The lowest BCUT2D eigenvalue weighted by atomic mass is 10.0. The highest BCUT2D eigenvalue weighted by Gasteiger charge is 2.30. The smallest absolute Gasteiger partial charge is 0.270 e. The number of likely N-dealkylation sites (tertiary alicyclic amines) is 2. The molecule has 4 rings (SSSR count). The number of aromatic nitrogens is 1. The van der Waals surface area contributed by atoms with Gasteiger partial charge in [-0.2, -0.15) is 0 Å². The molecule has 3 heterocycles. The standard InChI is InChI=1S/C18H23N3O/c22-18(17-12-14-6-1-2-8-16(14)19-17)21-11-5-7-15(13-21)20-9-3-4-10-20/h1-2,6,8,12,15,19H,3-5,7,9-11,13H2. The Labute approximate surface area is 131 Å². The molecule has 116 valence electrons. The molecule has 1 unspecified atom stereocenters. The van der Waals surface area contributed by atoms with Crippen molar-refractivity contribution in [3.05, 3.63) is 36.0 Å². The van der Waals surface area contributed by atoms with Gasteiger partial charge < -0.3 is 9.88 Å². The van der Waals surface area contributed by atoms with Gasteiger partial charge in [-0.05, 0) is 50.9 Å². The van der Waals surface area contributed by atoms with Crippen molar-refractivity contribution in [1.82, 2.24) is 14.8 Å². The summed E-state index contributed by atoms with van der Waals surface area (Å²) < 4.78 is 0. The normalized spacial score (nSPS) is 23.3. The Morgan fingerprint density at radius 2 is 1.91 bits per heavy atom. The predicted molar refractivity (Wildman–Crippen MR) is 88.0 cm³/mol. The van der Waals surface area contributed by atoms with Gasteiger partial charge in [0.15, 0.2) is 0 Å². The second kappa shape index (κ2) is 5.76. The molecular weight excluding hydrogens is 274 g/mol. The van der Waals surface area contributed by atoms with Crippen LogP contribution in [0.4, 0.5) is 0 Å². The molecule has 2 aliphatic rings. The SMILES string of the molecule is O=C(c1cc2ccccc2[nH]1)N1CCCC(N2CCCC2)C1. The van der Waals surface area contributed by atoms with Crippen LogP contribution in [0.3, 0.4) is 0 Å². The Morgan fingerprint density at radius 3 is 2.73 bits per heavy atom. The molecule has 0 saturated carbocycles. The molecule has 0 spiro atoms. The Kier molecular flexibility index (Phi) is 3.62. The molecule has 4 heteroatoms. The summed E-state index contributed by atoms with van der Waals surface area (Å²) in [5, 5.41) is 1.11. The zero-order chi connectivity index (χ0) is 14.9. The largest absolute Gasteiger partial charge is 0.351 e. The number of para-hydroxylation sites is 1. The summed E-state index contributed by atoms with van der Waals surface area (Å²) in [4.78, 5) is 20.7. The lowest BCUT2D eigenvalue weighted by Gasteiger charge is -2.37. The topological polar surface area (TPSA) is 39.3 Å². The van der Waals surface area contributed by atoms with Crippen LogP contribution in [-0.4, -0.2) is 52.9 Å². The van der Waals surface area contributed by atoms with E-state index in [0.29, 0.717) is 6.04 Å². The molecule has 22 heavy (non-hydrogen) atoms. The van der Waals surface area contributed by atoms with E-state index in [1.54, 1.807) is 0 Å². The number of benzene rings is 1. The van der Waals surface area contributed by atoms with Crippen molar-refractivity contribution >= 4 is 16.8 Å². The number of fused-ring (bicyclic) bond motifs is 1. The summed E-state index contributed by atoms with van der Waals surface area (Å²) in [6, 6.07) is 10.6. The van der Waals surface area contributed by atoms with E-state index in [-0.39, 0.29) is 5.91 Å². The molecule has 2 aromatic rings. The number of carbonyl (C=O) groups is 1. The van der Waals surface area contributed by atoms with E-state index in [2.05, 4.69) is 9.88 Å². The summed E-state index contributed by atoms with van der Waals surface area (Å²) in [6.07, 6.45) is 4.97. The summed E-state index contributed by atoms with van der Waals surface area (Å²) in [5.41, 5.74) is 1.77. The number of aromatic amines is 1. The quantitative estimate of drug-likeness (QED) is 0.926. The molecular formula is C18H23N3O. The van der Waals surface area contributed by atoms with Gasteiger partial charge in [0.25, 0.3) is 5.91 Å². The van der Waals surface area contributed by atoms with E-state index in [1.807, 2.05) is 35.2 Å². The first-order chi connectivity index (χ1) is 10.8. The molecule has 0 bridgehead atoms. The summed E-state index contributed by atoms with van der Waals surface area (Å²) in [6.45, 7) is 4.19. The first-order valence-corrected chi connectivity index (χ1v) is 8.42. The van der Waals surface area contributed by atoms with Gasteiger partial charge in [-0.15, -0.1) is 0 Å². The highest BCUT2D eigenvalue weighted by molar-refractivity contribution is 5.98. The molecule has 4 nitrogen and oxygen atoms in total. The Hall–Kier alpha value is -1.81. The molecule has 2 aliphatic heterocycles. The molecule has 0 radical (unpaired) electrons. The Bertz CT molecular complexity index is 639. The second-order valence-electron chi connectivity index (χ2n) is 6.56. The van der Waals surface area contributed by atoms with Gasteiger partial charge in [-0.1, -0.05) is 18.2 Å². The predicted octanol–water partition coefficient (Wildman–Crippen LogP) is 2.87. The van der Waals surface area contributed by atoms with Gasteiger partial charge in [0.2, 0.25) is 0 Å². The molecule has 1 aromatic heterocycles. The number of nitrogens with zero attached hydrogens (tertiary/aromatic N) is 2. The van der Waals surface area contributed by atoms with Crippen molar-refractivity contribution in [1.29, 1.82) is 0 Å². The molecule has 2 saturated heterocycles. The fourth-order valence-corrected chi connectivity index (χ4v) is 3.90. The highest BCUT2D eigenvalue weighted by atomic mass is 16.2. The summed E-state index contributed by atoms with van der Waals surface area (Å²) in [7, 11) is 0. The van der Waals surface area contributed by atoms with E-state index in [9.17, 15) is 4.79 Å². The van der Waals surface area contributed by atoms with Crippen LogP contribution < -0.4 is 0 Å². The van der Waals surface area contributed by atoms with Crippen LogP contribution >= 0.6 is 0 Å². The molecule has 0 aliphatic carbocycles. The fraction of sp³-hybridized carbons (Fsp3) is 0.500. The minimum Gasteiger partial charge on any atom is -0.351 e. The summed E-state index contributed by atoms with van der Waals surface area (Å²) in [5.74, 6) is 0.153. The Morgan fingerprint density at radius 1 is 1.09 bits per heavy atom. The lowest BCUT2D eigenvalue weighted by Crippen LogP contribution is -2.49. The van der Waals surface area contributed by atoms with E-state index < -0.39 is 0 Å². The van der Waals surface area contributed by atoms with Crippen molar-refractivity contribution in [2.75, 3.05) is 26.2 Å². The maximum atomic E-state index is 12.8. The monoisotopic (exact) mass is 297 g/mol. The third kappa shape index (κ3) is 2.52. The summed E-state index contributed by atoms with van der Waals surface area (Å²) >= 11 is 0. The Balaban J connectivity index is 1.51. The number of nitrogens with one attached hydrogen (secondary N) is 1.